The van der Waals surface area contributed by atoms with Crippen LogP contribution in [0, 0.1) is 0 Å². The Morgan fingerprint density at radius 3 is 2.79 bits per heavy atom. The third kappa shape index (κ3) is 2.07. The van der Waals surface area contributed by atoms with Crippen LogP contribution in [-0.4, -0.2) is 19.7 Å². The van der Waals surface area contributed by atoms with Gasteiger partial charge in [0.05, 0.1) is 18.4 Å². The van der Waals surface area contributed by atoms with Crippen molar-refractivity contribution in [3.05, 3.63) is 36.7 Å². The molecule has 1 N–H and O–H groups in total. The maximum atomic E-state index is 4.10. The fourth-order valence-corrected chi connectivity index (χ4v) is 1.11. The number of nitrogens with one attached hydrogen (secondary N) is 1. The van der Waals surface area contributed by atoms with Gasteiger partial charge in [-0.1, -0.05) is 0 Å². The first-order valence-corrected chi connectivity index (χ1v) is 4.33. The van der Waals surface area contributed by atoms with Crippen LogP contribution in [0.15, 0.2) is 30.9 Å². The van der Waals surface area contributed by atoms with Gasteiger partial charge in [-0.15, -0.1) is 0 Å². The van der Waals surface area contributed by atoms with Gasteiger partial charge in [0.1, 0.15) is 5.82 Å². The lowest BCUT2D eigenvalue weighted by Crippen LogP contribution is -2.02. The van der Waals surface area contributed by atoms with Gasteiger partial charge in [-0.2, -0.15) is 5.10 Å². The third-order valence-electron chi connectivity index (χ3n) is 1.77. The molecular weight excluding hydrogens is 178 g/mol. The monoisotopic (exact) mass is 189 g/mol. The van der Waals surface area contributed by atoms with Crippen molar-refractivity contribution in [1.29, 1.82) is 0 Å². The molecule has 0 aliphatic heterocycles. The van der Waals surface area contributed by atoms with Gasteiger partial charge < -0.3 is 5.32 Å². The van der Waals surface area contributed by atoms with E-state index in [2.05, 4.69) is 20.4 Å². The summed E-state index contributed by atoms with van der Waals surface area (Å²) in [4.78, 5) is 8.20. The first kappa shape index (κ1) is 8.68. The molecule has 0 spiro atoms. The van der Waals surface area contributed by atoms with Crippen molar-refractivity contribution in [2.75, 3.05) is 5.32 Å². The van der Waals surface area contributed by atoms with Gasteiger partial charge in [0.15, 0.2) is 0 Å². The lowest BCUT2D eigenvalue weighted by molar-refractivity contribution is 0.768. The largest absolute Gasteiger partial charge is 0.375 e. The molecule has 0 fully saturated rings. The molecule has 0 aliphatic rings. The zero-order chi connectivity index (χ0) is 9.80. The van der Waals surface area contributed by atoms with E-state index in [1.54, 1.807) is 29.3 Å². The maximum absolute atomic E-state index is 4.10. The minimum atomic E-state index is 0.618. The number of anilines is 1. The molecular formula is C9H11N5. The molecule has 0 aliphatic carbocycles. The number of rotatable bonds is 3. The van der Waals surface area contributed by atoms with E-state index in [9.17, 15) is 0 Å². The van der Waals surface area contributed by atoms with E-state index in [0.29, 0.717) is 6.54 Å². The Morgan fingerprint density at radius 2 is 2.14 bits per heavy atom. The lowest BCUT2D eigenvalue weighted by atomic mass is 10.5. The van der Waals surface area contributed by atoms with Gasteiger partial charge in [-0.25, -0.2) is 9.97 Å². The van der Waals surface area contributed by atoms with E-state index in [1.807, 2.05) is 13.2 Å². The van der Waals surface area contributed by atoms with Crippen LogP contribution in [0.3, 0.4) is 0 Å². The van der Waals surface area contributed by atoms with E-state index >= 15 is 0 Å². The summed E-state index contributed by atoms with van der Waals surface area (Å²) in [5.41, 5.74) is 0.972. The summed E-state index contributed by atoms with van der Waals surface area (Å²) in [6, 6.07) is 1.80. The van der Waals surface area contributed by atoms with Gasteiger partial charge in [-0.3, -0.25) is 4.68 Å². The number of aryl methyl sites for hydroxylation is 1. The molecule has 0 saturated heterocycles. The highest BCUT2D eigenvalue weighted by Crippen LogP contribution is 2.04. The van der Waals surface area contributed by atoms with Crippen molar-refractivity contribution in [3.63, 3.8) is 0 Å². The molecule has 14 heavy (non-hydrogen) atoms. The Balaban J connectivity index is 1.95. The Morgan fingerprint density at radius 1 is 1.36 bits per heavy atom. The maximum Gasteiger partial charge on any atom is 0.147 e. The topological polar surface area (TPSA) is 55.6 Å². The molecule has 2 aromatic rings. The SMILES string of the molecule is Cn1cc(NCc2ncccn2)cn1. The highest BCUT2D eigenvalue weighted by Gasteiger charge is 1.96. The summed E-state index contributed by atoms with van der Waals surface area (Å²) in [5.74, 6) is 0.774. The fraction of sp³-hybridized carbons (Fsp3) is 0.222. The summed E-state index contributed by atoms with van der Waals surface area (Å²) in [6.45, 7) is 0.618. The van der Waals surface area contributed by atoms with Gasteiger partial charge in [0.2, 0.25) is 0 Å². The average molecular weight is 189 g/mol. The third-order valence-corrected chi connectivity index (χ3v) is 1.77. The van der Waals surface area contributed by atoms with E-state index in [-0.39, 0.29) is 0 Å². The van der Waals surface area contributed by atoms with Crippen LogP contribution in [0.5, 0.6) is 0 Å². The predicted molar refractivity (Wildman–Crippen MR) is 52.6 cm³/mol. The molecule has 5 nitrogen and oxygen atoms in total. The van der Waals surface area contributed by atoms with Crippen molar-refractivity contribution >= 4 is 5.69 Å². The fourth-order valence-electron chi connectivity index (χ4n) is 1.11. The molecule has 0 aromatic carbocycles. The quantitative estimate of drug-likeness (QED) is 0.776. The molecule has 0 saturated carbocycles. The molecule has 0 bridgehead atoms. The van der Waals surface area contributed by atoms with Crippen molar-refractivity contribution < 1.29 is 0 Å². The molecule has 2 heterocycles. The molecule has 0 radical (unpaired) electrons. The highest BCUT2D eigenvalue weighted by molar-refractivity contribution is 5.37. The number of hydrogen-bond acceptors (Lipinski definition) is 4. The van der Waals surface area contributed by atoms with Gasteiger partial charge >= 0.3 is 0 Å². The summed E-state index contributed by atoms with van der Waals surface area (Å²) >= 11 is 0. The van der Waals surface area contributed by atoms with Gasteiger partial charge in [-0.05, 0) is 6.07 Å². The first-order valence-electron chi connectivity index (χ1n) is 4.33. The Hall–Kier alpha value is -1.91. The molecule has 2 rings (SSSR count). The molecule has 0 unspecified atom stereocenters. The zero-order valence-electron chi connectivity index (χ0n) is 7.88. The number of hydrogen-bond donors (Lipinski definition) is 1. The average Bonchev–Trinajstić information content (AvgIpc) is 2.63. The first-order chi connectivity index (χ1) is 6.84. The second-order valence-corrected chi connectivity index (χ2v) is 2.92. The van der Waals surface area contributed by atoms with Crippen LogP contribution in [0.4, 0.5) is 5.69 Å². The summed E-state index contributed by atoms with van der Waals surface area (Å²) in [6.07, 6.45) is 7.13. The molecule has 2 aromatic heterocycles. The van der Waals surface area contributed by atoms with Crippen molar-refractivity contribution in [3.8, 4) is 0 Å². The van der Waals surface area contributed by atoms with E-state index < -0.39 is 0 Å². The molecule has 0 amide bonds. The zero-order valence-corrected chi connectivity index (χ0v) is 7.88. The minimum absolute atomic E-state index is 0.618. The van der Waals surface area contributed by atoms with Gasteiger partial charge in [0.25, 0.3) is 0 Å². The Kier molecular flexibility index (Phi) is 2.40. The smallest absolute Gasteiger partial charge is 0.147 e. The lowest BCUT2D eigenvalue weighted by Gasteiger charge is -2.00. The van der Waals surface area contributed by atoms with Gasteiger partial charge in [0, 0.05) is 25.6 Å². The van der Waals surface area contributed by atoms with Crippen LogP contribution in [0.25, 0.3) is 0 Å². The number of nitrogens with zero attached hydrogens (tertiary/aromatic N) is 4. The summed E-state index contributed by atoms with van der Waals surface area (Å²) < 4.78 is 1.74. The summed E-state index contributed by atoms with van der Waals surface area (Å²) in [5, 5.41) is 7.22. The predicted octanol–water partition coefficient (Wildman–Crippen LogP) is 0.822. The summed E-state index contributed by atoms with van der Waals surface area (Å²) in [7, 11) is 1.88. The molecule has 0 atom stereocenters. The minimum Gasteiger partial charge on any atom is -0.375 e. The second-order valence-electron chi connectivity index (χ2n) is 2.92. The normalized spacial score (nSPS) is 10.1. The van der Waals surface area contributed by atoms with Crippen LogP contribution in [-0.2, 0) is 13.6 Å². The molecule has 72 valence electrons. The highest BCUT2D eigenvalue weighted by atomic mass is 15.3. The van der Waals surface area contributed by atoms with Crippen molar-refractivity contribution in [2.24, 2.45) is 7.05 Å². The standard InChI is InChI=1S/C9H11N5/c1-14-7-8(5-13-14)12-6-9-10-3-2-4-11-9/h2-5,7,12H,6H2,1H3. The van der Waals surface area contributed by atoms with Crippen molar-refractivity contribution in [2.45, 2.75) is 6.54 Å². The Bertz CT molecular complexity index is 395. The van der Waals surface area contributed by atoms with Crippen LogP contribution >= 0.6 is 0 Å². The van der Waals surface area contributed by atoms with E-state index in [4.69, 9.17) is 0 Å². The Labute approximate surface area is 81.8 Å². The molecule has 5 heteroatoms. The van der Waals surface area contributed by atoms with Crippen LogP contribution < -0.4 is 5.32 Å². The second kappa shape index (κ2) is 3.87. The van der Waals surface area contributed by atoms with Crippen molar-refractivity contribution in [1.82, 2.24) is 19.7 Å². The van der Waals surface area contributed by atoms with E-state index in [1.165, 1.54) is 0 Å². The number of aromatic nitrogens is 4. The van der Waals surface area contributed by atoms with Crippen LogP contribution in [0.1, 0.15) is 5.82 Å². The van der Waals surface area contributed by atoms with E-state index in [0.717, 1.165) is 11.5 Å². The van der Waals surface area contributed by atoms with Crippen LogP contribution in [0.2, 0.25) is 0 Å².